The zero-order valence-corrected chi connectivity index (χ0v) is 9.54. The van der Waals surface area contributed by atoms with E-state index in [2.05, 4.69) is 0 Å². The van der Waals surface area contributed by atoms with Gasteiger partial charge in [-0.2, -0.15) is 0 Å². The summed E-state index contributed by atoms with van der Waals surface area (Å²) in [6.45, 7) is 1.65. The molecule has 2 N–H and O–H groups in total. The summed E-state index contributed by atoms with van der Waals surface area (Å²) in [5.74, 6) is 0.148. The van der Waals surface area contributed by atoms with Gasteiger partial charge in [-0.1, -0.05) is 6.07 Å². The fourth-order valence-electron chi connectivity index (χ4n) is 2.01. The highest BCUT2D eigenvalue weighted by Crippen LogP contribution is 2.23. The van der Waals surface area contributed by atoms with Crippen molar-refractivity contribution in [3.05, 3.63) is 24.3 Å². The first-order chi connectivity index (χ1) is 8.22. The molecule has 0 spiro atoms. The van der Waals surface area contributed by atoms with Gasteiger partial charge in [-0.05, 0) is 18.6 Å². The quantitative estimate of drug-likeness (QED) is 0.823. The van der Waals surface area contributed by atoms with Gasteiger partial charge in [0, 0.05) is 31.4 Å². The molecule has 2 amide bonds. The number of aromatic hydroxyl groups is 1. The molecule has 92 valence electrons. The Bertz CT molecular complexity index is 406. The molecular formula is C12H16N2O3. The summed E-state index contributed by atoms with van der Waals surface area (Å²) < 4.78 is 0. The van der Waals surface area contributed by atoms with Crippen molar-refractivity contribution in [1.82, 2.24) is 4.90 Å². The number of anilines is 1. The Labute approximate surface area is 99.9 Å². The van der Waals surface area contributed by atoms with Gasteiger partial charge in [0.15, 0.2) is 0 Å². The Balaban J connectivity index is 2.17. The van der Waals surface area contributed by atoms with E-state index in [0.29, 0.717) is 25.3 Å². The minimum Gasteiger partial charge on any atom is -0.508 e. The molecule has 1 aromatic carbocycles. The Hall–Kier alpha value is -1.75. The van der Waals surface area contributed by atoms with Gasteiger partial charge in [0.1, 0.15) is 5.75 Å². The molecule has 0 saturated carbocycles. The number of rotatable bonds is 3. The average Bonchev–Trinajstić information content (AvgIpc) is 2.32. The van der Waals surface area contributed by atoms with E-state index < -0.39 is 0 Å². The number of hydrogen-bond donors (Lipinski definition) is 2. The maximum atomic E-state index is 12.1. The Morgan fingerprint density at radius 1 is 1.29 bits per heavy atom. The fraction of sp³-hybridized carbons (Fsp3) is 0.417. The number of nitrogens with zero attached hydrogens (tertiary/aromatic N) is 2. The van der Waals surface area contributed by atoms with Crippen molar-refractivity contribution in [1.29, 1.82) is 0 Å². The predicted octanol–water partition coefficient (Wildman–Crippen LogP) is 1.02. The lowest BCUT2D eigenvalue weighted by Crippen LogP contribution is -2.50. The van der Waals surface area contributed by atoms with Crippen molar-refractivity contribution in [3.8, 4) is 5.75 Å². The number of carbonyl (C=O) groups is 1. The van der Waals surface area contributed by atoms with E-state index in [9.17, 15) is 9.90 Å². The lowest BCUT2D eigenvalue weighted by atomic mass is 10.2. The summed E-state index contributed by atoms with van der Waals surface area (Å²) >= 11 is 0. The fourth-order valence-corrected chi connectivity index (χ4v) is 2.01. The lowest BCUT2D eigenvalue weighted by Gasteiger charge is -2.35. The maximum Gasteiger partial charge on any atom is 0.324 e. The Kier molecular flexibility index (Phi) is 3.49. The molecular weight excluding hydrogens is 220 g/mol. The van der Waals surface area contributed by atoms with E-state index in [1.807, 2.05) is 0 Å². The molecule has 1 heterocycles. The SMILES string of the molecule is O=C1N(CCO)CCCN1c1cccc(O)c1. The van der Waals surface area contributed by atoms with Crippen molar-refractivity contribution >= 4 is 11.7 Å². The van der Waals surface area contributed by atoms with Crippen LogP contribution in [0.2, 0.25) is 0 Å². The molecule has 1 fully saturated rings. The number of phenolic OH excluding ortho intramolecular Hbond substituents is 1. The van der Waals surface area contributed by atoms with Gasteiger partial charge in [0.05, 0.1) is 6.61 Å². The van der Waals surface area contributed by atoms with Gasteiger partial charge in [-0.3, -0.25) is 4.90 Å². The minimum absolute atomic E-state index is 0.0282. The second-order valence-corrected chi connectivity index (χ2v) is 4.02. The first-order valence-corrected chi connectivity index (χ1v) is 5.68. The van der Waals surface area contributed by atoms with Crippen LogP contribution in [0.3, 0.4) is 0 Å². The summed E-state index contributed by atoms with van der Waals surface area (Å²) in [4.78, 5) is 15.3. The number of hydrogen-bond acceptors (Lipinski definition) is 3. The maximum absolute atomic E-state index is 12.1. The molecule has 0 radical (unpaired) electrons. The first kappa shape index (κ1) is 11.7. The normalized spacial score (nSPS) is 16.4. The topological polar surface area (TPSA) is 64.0 Å². The van der Waals surface area contributed by atoms with Crippen molar-refractivity contribution in [3.63, 3.8) is 0 Å². The second-order valence-electron chi connectivity index (χ2n) is 4.02. The zero-order chi connectivity index (χ0) is 12.3. The molecule has 5 nitrogen and oxygen atoms in total. The molecule has 5 heteroatoms. The molecule has 1 aliphatic heterocycles. The molecule has 1 aliphatic rings. The molecule has 0 aliphatic carbocycles. The third-order valence-electron chi connectivity index (χ3n) is 2.82. The van der Waals surface area contributed by atoms with Crippen LogP contribution in [0, 0.1) is 0 Å². The lowest BCUT2D eigenvalue weighted by molar-refractivity contribution is 0.174. The van der Waals surface area contributed by atoms with Crippen LogP contribution >= 0.6 is 0 Å². The minimum atomic E-state index is -0.115. The number of aliphatic hydroxyl groups is 1. The van der Waals surface area contributed by atoms with Crippen molar-refractivity contribution in [2.24, 2.45) is 0 Å². The molecule has 0 atom stereocenters. The highest BCUT2D eigenvalue weighted by molar-refractivity contribution is 5.92. The number of urea groups is 1. The Morgan fingerprint density at radius 3 is 2.82 bits per heavy atom. The molecule has 2 rings (SSSR count). The van der Waals surface area contributed by atoms with E-state index in [1.165, 1.54) is 0 Å². The molecule has 1 aromatic rings. The predicted molar refractivity (Wildman–Crippen MR) is 64.1 cm³/mol. The number of β-amino-alcohol motifs (C(OH)–C–C–N with tert-alkyl or cyclic N) is 1. The molecule has 0 bridgehead atoms. The largest absolute Gasteiger partial charge is 0.508 e. The number of amides is 2. The van der Waals surface area contributed by atoms with Crippen LogP contribution < -0.4 is 4.90 Å². The summed E-state index contributed by atoms with van der Waals surface area (Å²) in [5.41, 5.74) is 0.692. The van der Waals surface area contributed by atoms with Gasteiger partial charge in [0.25, 0.3) is 0 Å². The van der Waals surface area contributed by atoms with Crippen LogP contribution in [0.25, 0.3) is 0 Å². The van der Waals surface area contributed by atoms with E-state index in [-0.39, 0.29) is 18.4 Å². The highest BCUT2D eigenvalue weighted by atomic mass is 16.3. The standard InChI is InChI=1S/C12H16N2O3/c15-8-7-13-5-2-6-14(12(13)17)10-3-1-4-11(16)9-10/h1,3-4,9,15-16H,2,5-8H2. The van der Waals surface area contributed by atoms with Crippen LogP contribution in [-0.4, -0.2) is 47.4 Å². The van der Waals surface area contributed by atoms with Gasteiger partial charge in [-0.15, -0.1) is 0 Å². The van der Waals surface area contributed by atoms with Gasteiger partial charge < -0.3 is 15.1 Å². The summed E-state index contributed by atoms with van der Waals surface area (Å²) in [6.07, 6.45) is 0.862. The smallest absolute Gasteiger partial charge is 0.324 e. The van der Waals surface area contributed by atoms with Gasteiger partial charge in [-0.25, -0.2) is 4.79 Å². The molecule has 17 heavy (non-hydrogen) atoms. The van der Waals surface area contributed by atoms with Crippen LogP contribution in [0.4, 0.5) is 10.5 Å². The van der Waals surface area contributed by atoms with E-state index >= 15 is 0 Å². The van der Waals surface area contributed by atoms with Crippen LogP contribution in [-0.2, 0) is 0 Å². The number of phenols is 1. The third kappa shape index (κ3) is 2.50. The average molecular weight is 236 g/mol. The number of carbonyl (C=O) groups excluding carboxylic acids is 1. The van der Waals surface area contributed by atoms with Crippen molar-refractivity contribution < 1.29 is 15.0 Å². The van der Waals surface area contributed by atoms with Crippen LogP contribution in [0.1, 0.15) is 6.42 Å². The third-order valence-corrected chi connectivity index (χ3v) is 2.82. The molecule has 1 saturated heterocycles. The van der Waals surface area contributed by atoms with E-state index in [4.69, 9.17) is 5.11 Å². The van der Waals surface area contributed by atoms with Gasteiger partial charge >= 0.3 is 6.03 Å². The number of benzene rings is 1. The molecule has 0 unspecified atom stereocenters. The van der Waals surface area contributed by atoms with E-state index in [1.54, 1.807) is 34.1 Å². The second kappa shape index (κ2) is 5.05. The zero-order valence-electron chi connectivity index (χ0n) is 9.54. The van der Waals surface area contributed by atoms with Gasteiger partial charge in [0.2, 0.25) is 0 Å². The van der Waals surface area contributed by atoms with E-state index in [0.717, 1.165) is 6.42 Å². The summed E-state index contributed by atoms with van der Waals surface area (Å²) in [7, 11) is 0. The highest BCUT2D eigenvalue weighted by Gasteiger charge is 2.26. The van der Waals surface area contributed by atoms with Crippen molar-refractivity contribution in [2.45, 2.75) is 6.42 Å². The van der Waals surface area contributed by atoms with Crippen molar-refractivity contribution in [2.75, 3.05) is 31.1 Å². The molecule has 0 aromatic heterocycles. The summed E-state index contributed by atoms with van der Waals surface area (Å²) in [5, 5.41) is 18.3. The first-order valence-electron chi connectivity index (χ1n) is 5.68. The van der Waals surface area contributed by atoms with Crippen LogP contribution in [0.5, 0.6) is 5.75 Å². The number of aliphatic hydroxyl groups excluding tert-OH is 1. The Morgan fingerprint density at radius 2 is 2.12 bits per heavy atom. The summed E-state index contributed by atoms with van der Waals surface area (Å²) in [6, 6.07) is 6.53. The van der Waals surface area contributed by atoms with Crippen LogP contribution in [0.15, 0.2) is 24.3 Å². The monoisotopic (exact) mass is 236 g/mol.